The van der Waals surface area contributed by atoms with Gasteiger partial charge in [-0.1, -0.05) is 77.8 Å². The van der Waals surface area contributed by atoms with Crippen LogP contribution in [0.2, 0.25) is 10.0 Å². The van der Waals surface area contributed by atoms with E-state index in [0.29, 0.717) is 41.8 Å². The maximum Gasteiger partial charge on any atom is 0.218 e. The van der Waals surface area contributed by atoms with Gasteiger partial charge in [-0.05, 0) is 41.0 Å². The molecule has 0 aromatic heterocycles. The van der Waals surface area contributed by atoms with Crippen molar-refractivity contribution in [2.75, 3.05) is 26.2 Å². The van der Waals surface area contributed by atoms with Crippen molar-refractivity contribution >= 4 is 33.2 Å². The third kappa shape index (κ3) is 5.48. The minimum atomic E-state index is -3.41. The van der Waals surface area contributed by atoms with E-state index in [2.05, 4.69) is 17.0 Å². The molecule has 0 bridgehead atoms. The lowest BCUT2D eigenvalue weighted by Gasteiger charge is -2.39. The van der Waals surface area contributed by atoms with Crippen LogP contribution in [0.25, 0.3) is 0 Å². The Morgan fingerprint density at radius 2 is 1.39 bits per heavy atom. The molecule has 4 nitrogen and oxygen atoms in total. The first kappa shape index (κ1) is 22.3. The van der Waals surface area contributed by atoms with Crippen LogP contribution in [0, 0.1) is 0 Å². The van der Waals surface area contributed by atoms with Gasteiger partial charge in [0.05, 0.1) is 11.8 Å². The lowest BCUT2D eigenvalue weighted by molar-refractivity contribution is 0.155. The van der Waals surface area contributed by atoms with E-state index in [1.165, 1.54) is 5.56 Å². The molecule has 1 saturated heterocycles. The Kier molecular flexibility index (Phi) is 6.99. The molecule has 1 aliphatic heterocycles. The molecule has 0 radical (unpaired) electrons. The number of nitrogens with zero attached hydrogens (tertiary/aromatic N) is 2. The van der Waals surface area contributed by atoms with Crippen molar-refractivity contribution in [1.29, 1.82) is 0 Å². The predicted octanol–water partition coefficient (Wildman–Crippen LogP) is 5.23. The van der Waals surface area contributed by atoms with E-state index in [0.717, 1.165) is 5.56 Å². The van der Waals surface area contributed by atoms with Crippen molar-refractivity contribution in [3.8, 4) is 0 Å². The second kappa shape index (κ2) is 9.72. The monoisotopic (exact) mass is 474 g/mol. The number of rotatable bonds is 6. The van der Waals surface area contributed by atoms with Gasteiger partial charge in [0.25, 0.3) is 0 Å². The number of piperazine rings is 1. The molecule has 0 saturated carbocycles. The second-order valence-corrected chi connectivity index (χ2v) is 10.5. The van der Waals surface area contributed by atoms with Gasteiger partial charge in [-0.25, -0.2) is 8.42 Å². The van der Waals surface area contributed by atoms with E-state index in [1.807, 2.05) is 42.5 Å². The zero-order valence-electron chi connectivity index (χ0n) is 17.0. The average molecular weight is 475 g/mol. The molecule has 0 spiro atoms. The molecular formula is C24H24Cl2N2O2S. The van der Waals surface area contributed by atoms with Crippen LogP contribution in [0.3, 0.4) is 0 Å². The maximum atomic E-state index is 13.0. The molecule has 0 N–H and O–H groups in total. The zero-order chi connectivity index (χ0) is 21.8. The largest absolute Gasteiger partial charge is 0.290 e. The Morgan fingerprint density at radius 1 is 0.742 bits per heavy atom. The van der Waals surface area contributed by atoms with Crippen LogP contribution in [-0.4, -0.2) is 43.8 Å². The normalized spacial score (nSPS) is 16.8. The van der Waals surface area contributed by atoms with Crippen LogP contribution >= 0.6 is 23.2 Å². The van der Waals surface area contributed by atoms with Crippen LogP contribution in [-0.2, 0) is 15.8 Å². The third-order valence-electron chi connectivity index (χ3n) is 5.57. The van der Waals surface area contributed by atoms with E-state index in [9.17, 15) is 8.42 Å². The smallest absolute Gasteiger partial charge is 0.218 e. The van der Waals surface area contributed by atoms with Gasteiger partial charge in [0.15, 0.2) is 0 Å². The standard InChI is InChI=1S/C24H24Cl2N2O2S/c25-22-11-9-21(10-12-22)24(20-6-2-1-3-7-20)27-13-15-28(16-14-27)31(29,30)18-19-5-4-8-23(26)17-19/h1-12,17,24H,13-16,18H2. The fraction of sp³-hybridized carbons (Fsp3) is 0.250. The van der Waals surface area contributed by atoms with Gasteiger partial charge in [0.1, 0.15) is 0 Å². The molecule has 1 unspecified atom stereocenters. The van der Waals surface area contributed by atoms with Gasteiger partial charge in [0, 0.05) is 36.2 Å². The van der Waals surface area contributed by atoms with Crippen molar-refractivity contribution in [3.63, 3.8) is 0 Å². The fourth-order valence-electron chi connectivity index (χ4n) is 4.06. The third-order valence-corrected chi connectivity index (χ3v) is 7.91. The van der Waals surface area contributed by atoms with Crippen LogP contribution < -0.4 is 0 Å². The predicted molar refractivity (Wildman–Crippen MR) is 127 cm³/mol. The quantitative estimate of drug-likeness (QED) is 0.490. The lowest BCUT2D eigenvalue weighted by Crippen LogP contribution is -2.50. The van der Waals surface area contributed by atoms with E-state index >= 15 is 0 Å². The minimum absolute atomic E-state index is 0.0349. The van der Waals surface area contributed by atoms with Gasteiger partial charge in [-0.3, -0.25) is 4.90 Å². The number of benzene rings is 3. The molecule has 1 atom stereocenters. The van der Waals surface area contributed by atoms with E-state index in [-0.39, 0.29) is 11.8 Å². The highest BCUT2D eigenvalue weighted by Gasteiger charge is 2.31. The van der Waals surface area contributed by atoms with Crippen molar-refractivity contribution in [1.82, 2.24) is 9.21 Å². The first-order chi connectivity index (χ1) is 14.9. The first-order valence-electron chi connectivity index (χ1n) is 10.2. The van der Waals surface area contributed by atoms with Crippen LogP contribution in [0.15, 0.2) is 78.9 Å². The Bertz CT molecular complexity index is 1110. The summed E-state index contributed by atoms with van der Waals surface area (Å²) in [5.41, 5.74) is 3.03. The Morgan fingerprint density at radius 3 is 2.03 bits per heavy atom. The zero-order valence-corrected chi connectivity index (χ0v) is 19.3. The summed E-state index contributed by atoms with van der Waals surface area (Å²) in [7, 11) is -3.41. The second-order valence-electron chi connectivity index (χ2n) is 7.69. The van der Waals surface area contributed by atoms with Crippen LogP contribution in [0.1, 0.15) is 22.7 Å². The summed E-state index contributed by atoms with van der Waals surface area (Å²) >= 11 is 12.1. The summed E-state index contributed by atoms with van der Waals surface area (Å²) in [6.45, 7) is 2.22. The van der Waals surface area contributed by atoms with Crippen molar-refractivity contribution in [3.05, 3.63) is 106 Å². The molecule has 162 valence electrons. The number of halogens is 2. The molecule has 31 heavy (non-hydrogen) atoms. The molecule has 3 aromatic carbocycles. The van der Waals surface area contributed by atoms with Gasteiger partial charge in [0.2, 0.25) is 10.0 Å². The summed E-state index contributed by atoms with van der Waals surface area (Å²) in [6, 6.07) is 25.3. The Balaban J connectivity index is 1.50. The highest BCUT2D eigenvalue weighted by molar-refractivity contribution is 7.88. The molecule has 3 aromatic rings. The fourth-order valence-corrected chi connectivity index (χ4v) is 5.90. The Hall–Kier alpha value is -1.89. The van der Waals surface area contributed by atoms with E-state index in [4.69, 9.17) is 23.2 Å². The van der Waals surface area contributed by atoms with Crippen molar-refractivity contribution in [2.24, 2.45) is 0 Å². The molecule has 1 aliphatic rings. The number of hydrogen-bond donors (Lipinski definition) is 0. The van der Waals surface area contributed by atoms with Gasteiger partial charge >= 0.3 is 0 Å². The molecule has 1 fully saturated rings. The van der Waals surface area contributed by atoms with Crippen LogP contribution in [0.4, 0.5) is 0 Å². The van der Waals surface area contributed by atoms with Gasteiger partial charge in [-0.15, -0.1) is 0 Å². The lowest BCUT2D eigenvalue weighted by atomic mass is 9.96. The van der Waals surface area contributed by atoms with Crippen molar-refractivity contribution < 1.29 is 8.42 Å². The summed E-state index contributed by atoms with van der Waals surface area (Å²) in [5.74, 6) is -0.0349. The molecule has 0 aliphatic carbocycles. The highest BCUT2D eigenvalue weighted by atomic mass is 35.5. The molecule has 1 heterocycles. The summed E-state index contributed by atoms with van der Waals surface area (Å²) in [6.07, 6.45) is 0. The SMILES string of the molecule is O=S(=O)(Cc1cccc(Cl)c1)N1CCN(C(c2ccccc2)c2ccc(Cl)cc2)CC1. The molecule has 7 heteroatoms. The van der Waals surface area contributed by atoms with Crippen LogP contribution in [0.5, 0.6) is 0 Å². The van der Waals surface area contributed by atoms with E-state index < -0.39 is 10.0 Å². The maximum absolute atomic E-state index is 13.0. The topological polar surface area (TPSA) is 40.6 Å². The highest BCUT2D eigenvalue weighted by Crippen LogP contribution is 2.31. The average Bonchev–Trinajstić information content (AvgIpc) is 2.76. The van der Waals surface area contributed by atoms with Crippen molar-refractivity contribution in [2.45, 2.75) is 11.8 Å². The van der Waals surface area contributed by atoms with E-state index in [1.54, 1.807) is 28.6 Å². The summed E-state index contributed by atoms with van der Waals surface area (Å²) < 4.78 is 27.5. The molecular weight excluding hydrogens is 451 g/mol. The first-order valence-corrected chi connectivity index (χ1v) is 12.6. The molecule has 0 amide bonds. The summed E-state index contributed by atoms with van der Waals surface area (Å²) in [5, 5.41) is 1.25. The Labute approximate surface area is 194 Å². The number of hydrogen-bond acceptors (Lipinski definition) is 3. The molecule has 4 rings (SSSR count). The van der Waals surface area contributed by atoms with Gasteiger partial charge < -0.3 is 0 Å². The summed E-state index contributed by atoms with van der Waals surface area (Å²) in [4.78, 5) is 2.34. The number of sulfonamides is 1. The van der Waals surface area contributed by atoms with Gasteiger partial charge in [-0.2, -0.15) is 4.31 Å². The minimum Gasteiger partial charge on any atom is -0.290 e.